The van der Waals surface area contributed by atoms with Crippen molar-refractivity contribution in [2.75, 3.05) is 13.6 Å². The fraction of sp³-hybridized carbons (Fsp3) is 0.300. The molecule has 1 aromatic rings. The molecule has 0 fully saturated rings. The van der Waals surface area contributed by atoms with Gasteiger partial charge in [0.05, 0.1) is 17.0 Å². The van der Waals surface area contributed by atoms with Gasteiger partial charge in [0, 0.05) is 19.8 Å². The van der Waals surface area contributed by atoms with E-state index in [2.05, 4.69) is 4.98 Å². The van der Waals surface area contributed by atoms with E-state index in [9.17, 15) is 9.59 Å². The summed E-state index contributed by atoms with van der Waals surface area (Å²) in [5, 5.41) is 8.81. The molecule has 7 heteroatoms. The summed E-state index contributed by atoms with van der Waals surface area (Å²) < 4.78 is 0. The molecule has 17 heavy (non-hydrogen) atoms. The highest BCUT2D eigenvalue weighted by atomic mass is 35.5. The summed E-state index contributed by atoms with van der Waals surface area (Å²) in [5.41, 5.74) is 0.271. The standard InChI is InChI=1S/C10H10Cl2N2O3/c1-14(3-2-8(15)16)10(17)6-4-7(11)9(12)13-5-6/h4-5H,2-3H2,1H3,(H,15,16). The van der Waals surface area contributed by atoms with Gasteiger partial charge in [-0.1, -0.05) is 23.2 Å². The van der Waals surface area contributed by atoms with Crippen LogP contribution in [0, 0.1) is 0 Å². The molecule has 0 saturated heterocycles. The Morgan fingerprint density at radius 2 is 2.12 bits per heavy atom. The van der Waals surface area contributed by atoms with Gasteiger partial charge in [-0.15, -0.1) is 0 Å². The van der Waals surface area contributed by atoms with Crippen molar-refractivity contribution in [1.29, 1.82) is 0 Å². The number of carboxylic acid groups (broad SMARTS) is 1. The molecule has 0 atom stereocenters. The molecule has 0 bridgehead atoms. The minimum absolute atomic E-state index is 0.114. The zero-order chi connectivity index (χ0) is 13.0. The average molecular weight is 277 g/mol. The van der Waals surface area contributed by atoms with Gasteiger partial charge in [-0.05, 0) is 6.07 Å². The Kier molecular flexibility index (Phi) is 4.72. The molecule has 0 radical (unpaired) electrons. The summed E-state index contributed by atoms with van der Waals surface area (Å²) >= 11 is 11.4. The van der Waals surface area contributed by atoms with Gasteiger partial charge in [0.2, 0.25) is 0 Å². The molecule has 1 rings (SSSR count). The quantitative estimate of drug-likeness (QED) is 0.854. The number of carbonyl (C=O) groups excluding carboxylic acids is 1. The summed E-state index contributed by atoms with van der Waals surface area (Å²) in [7, 11) is 1.51. The summed E-state index contributed by atoms with van der Waals surface area (Å²) in [6.45, 7) is 0.119. The first-order valence-electron chi connectivity index (χ1n) is 4.70. The summed E-state index contributed by atoms with van der Waals surface area (Å²) in [6, 6.07) is 1.40. The summed E-state index contributed by atoms with van der Waals surface area (Å²) in [6.07, 6.45) is 1.19. The van der Waals surface area contributed by atoms with Gasteiger partial charge in [0.15, 0.2) is 0 Å². The van der Waals surface area contributed by atoms with Crippen molar-refractivity contribution in [2.45, 2.75) is 6.42 Å². The molecule has 1 heterocycles. The second-order valence-corrected chi connectivity index (χ2v) is 4.13. The summed E-state index contributed by atoms with van der Waals surface area (Å²) in [5.74, 6) is -1.31. The van der Waals surface area contributed by atoms with Crippen molar-refractivity contribution in [3.8, 4) is 0 Å². The molecule has 0 aliphatic heterocycles. The van der Waals surface area contributed by atoms with Gasteiger partial charge < -0.3 is 10.0 Å². The van der Waals surface area contributed by atoms with Crippen molar-refractivity contribution in [1.82, 2.24) is 9.88 Å². The number of amides is 1. The van der Waals surface area contributed by atoms with Crippen LogP contribution in [0.2, 0.25) is 10.2 Å². The van der Waals surface area contributed by atoms with Crippen molar-refractivity contribution in [3.05, 3.63) is 28.0 Å². The van der Waals surface area contributed by atoms with Gasteiger partial charge in [0.25, 0.3) is 5.91 Å². The number of hydrogen-bond acceptors (Lipinski definition) is 3. The molecule has 0 aromatic carbocycles. The molecular formula is C10H10Cl2N2O3. The van der Waals surface area contributed by atoms with Crippen LogP contribution in [-0.2, 0) is 4.79 Å². The van der Waals surface area contributed by atoms with Gasteiger partial charge in [0.1, 0.15) is 5.15 Å². The third-order valence-corrected chi connectivity index (χ3v) is 2.74. The predicted molar refractivity (Wildman–Crippen MR) is 63.5 cm³/mol. The molecular weight excluding hydrogens is 267 g/mol. The van der Waals surface area contributed by atoms with E-state index >= 15 is 0 Å². The molecule has 1 N–H and O–H groups in total. The number of pyridine rings is 1. The smallest absolute Gasteiger partial charge is 0.305 e. The number of hydrogen-bond donors (Lipinski definition) is 1. The maximum Gasteiger partial charge on any atom is 0.305 e. The number of carboxylic acids is 1. The van der Waals surface area contributed by atoms with Crippen LogP contribution in [-0.4, -0.2) is 40.5 Å². The van der Waals surface area contributed by atoms with Gasteiger partial charge in [-0.2, -0.15) is 0 Å². The van der Waals surface area contributed by atoms with Crippen LogP contribution < -0.4 is 0 Å². The zero-order valence-corrected chi connectivity index (χ0v) is 10.5. The van der Waals surface area contributed by atoms with Crippen molar-refractivity contribution in [3.63, 3.8) is 0 Å². The molecule has 0 unspecified atom stereocenters. The Bertz CT molecular complexity index is 451. The maximum absolute atomic E-state index is 11.8. The number of aliphatic carboxylic acids is 1. The molecule has 0 spiro atoms. The Morgan fingerprint density at radius 1 is 1.47 bits per heavy atom. The zero-order valence-electron chi connectivity index (χ0n) is 8.98. The Balaban J connectivity index is 2.74. The molecule has 0 aliphatic rings. The minimum Gasteiger partial charge on any atom is -0.481 e. The van der Waals surface area contributed by atoms with Crippen LogP contribution in [0.3, 0.4) is 0 Å². The number of aromatic nitrogens is 1. The normalized spacial score (nSPS) is 10.1. The highest BCUT2D eigenvalue weighted by Gasteiger charge is 2.14. The van der Waals surface area contributed by atoms with Gasteiger partial charge in [-0.25, -0.2) is 4.98 Å². The Morgan fingerprint density at radius 3 is 2.65 bits per heavy atom. The van der Waals surface area contributed by atoms with E-state index in [4.69, 9.17) is 28.3 Å². The van der Waals surface area contributed by atoms with E-state index in [1.807, 2.05) is 0 Å². The largest absolute Gasteiger partial charge is 0.481 e. The van der Waals surface area contributed by atoms with E-state index in [-0.39, 0.29) is 34.6 Å². The average Bonchev–Trinajstić information content (AvgIpc) is 2.28. The van der Waals surface area contributed by atoms with Crippen LogP contribution in [0.25, 0.3) is 0 Å². The lowest BCUT2D eigenvalue weighted by molar-refractivity contribution is -0.137. The Labute approximate surface area is 108 Å². The molecule has 1 amide bonds. The summed E-state index contributed by atoms with van der Waals surface area (Å²) in [4.78, 5) is 27.2. The third-order valence-electron chi connectivity index (χ3n) is 2.05. The lowest BCUT2D eigenvalue weighted by Crippen LogP contribution is -2.29. The molecule has 92 valence electrons. The monoisotopic (exact) mass is 276 g/mol. The fourth-order valence-corrected chi connectivity index (χ4v) is 1.39. The van der Waals surface area contributed by atoms with E-state index in [0.29, 0.717) is 0 Å². The van der Waals surface area contributed by atoms with Crippen molar-refractivity contribution in [2.24, 2.45) is 0 Å². The lowest BCUT2D eigenvalue weighted by Gasteiger charge is -2.15. The van der Waals surface area contributed by atoms with E-state index in [0.717, 1.165) is 0 Å². The number of rotatable bonds is 4. The van der Waals surface area contributed by atoms with E-state index < -0.39 is 5.97 Å². The second kappa shape index (κ2) is 5.84. The first-order chi connectivity index (χ1) is 7.91. The van der Waals surface area contributed by atoms with Crippen molar-refractivity contribution < 1.29 is 14.7 Å². The SMILES string of the molecule is CN(CCC(=O)O)C(=O)c1cnc(Cl)c(Cl)c1. The maximum atomic E-state index is 11.8. The molecule has 1 aromatic heterocycles. The number of carbonyl (C=O) groups is 2. The molecule has 0 saturated carbocycles. The Hall–Kier alpha value is -1.33. The van der Waals surface area contributed by atoms with Crippen LogP contribution in [0.4, 0.5) is 0 Å². The van der Waals surface area contributed by atoms with Gasteiger partial charge in [-0.3, -0.25) is 9.59 Å². The minimum atomic E-state index is -0.961. The second-order valence-electron chi connectivity index (χ2n) is 3.37. The third kappa shape index (κ3) is 3.87. The number of halogens is 2. The van der Waals surface area contributed by atoms with Crippen LogP contribution >= 0.6 is 23.2 Å². The van der Waals surface area contributed by atoms with E-state index in [1.54, 1.807) is 0 Å². The highest BCUT2D eigenvalue weighted by Crippen LogP contribution is 2.20. The first kappa shape index (κ1) is 13.7. The van der Waals surface area contributed by atoms with Crippen LogP contribution in [0.15, 0.2) is 12.3 Å². The predicted octanol–water partition coefficient (Wildman–Crippen LogP) is 1.94. The highest BCUT2D eigenvalue weighted by molar-refractivity contribution is 6.41. The molecule has 0 aliphatic carbocycles. The van der Waals surface area contributed by atoms with Crippen LogP contribution in [0.5, 0.6) is 0 Å². The lowest BCUT2D eigenvalue weighted by atomic mass is 10.2. The topological polar surface area (TPSA) is 70.5 Å². The first-order valence-corrected chi connectivity index (χ1v) is 5.45. The number of nitrogens with zero attached hydrogens (tertiary/aromatic N) is 2. The van der Waals surface area contributed by atoms with Gasteiger partial charge >= 0.3 is 5.97 Å². The van der Waals surface area contributed by atoms with E-state index in [1.165, 1.54) is 24.2 Å². The van der Waals surface area contributed by atoms with Crippen LogP contribution in [0.1, 0.15) is 16.8 Å². The fourth-order valence-electron chi connectivity index (χ4n) is 1.12. The van der Waals surface area contributed by atoms with Crippen molar-refractivity contribution >= 4 is 35.1 Å². The molecule has 5 nitrogen and oxygen atoms in total.